The number of nitrogens with one attached hydrogen (secondary N) is 1. The van der Waals surface area contributed by atoms with Crippen LogP contribution in [0.1, 0.15) is 11.1 Å². The predicted molar refractivity (Wildman–Crippen MR) is 86.0 cm³/mol. The van der Waals surface area contributed by atoms with Crippen LogP contribution >= 0.6 is 11.9 Å². The van der Waals surface area contributed by atoms with Crippen LogP contribution in [0.4, 0.5) is 5.69 Å². The number of anilines is 1. The third-order valence-corrected chi connectivity index (χ3v) is 4.29. The fourth-order valence-electron chi connectivity index (χ4n) is 2.31. The zero-order valence-electron chi connectivity index (χ0n) is 11.9. The van der Waals surface area contributed by atoms with E-state index in [2.05, 4.69) is 10.8 Å². The molecule has 0 saturated heterocycles. The Morgan fingerprint density at radius 1 is 1.29 bits per heavy atom. The van der Waals surface area contributed by atoms with Crippen molar-refractivity contribution in [1.82, 2.24) is 0 Å². The van der Waals surface area contributed by atoms with E-state index in [1.165, 1.54) is 11.9 Å². The Hall–Kier alpha value is -1.63. The number of rotatable bonds is 4. The van der Waals surface area contributed by atoms with Gasteiger partial charge in [-0.25, -0.2) is 0 Å². The lowest BCUT2D eigenvalue weighted by Gasteiger charge is -2.09. The SMILES string of the molecule is COc1ccc(SNc2ccc3c(c2)B(O)OC3)cc1C. The molecule has 21 heavy (non-hydrogen) atoms. The molecular weight excluding hydrogens is 285 g/mol. The first-order valence-electron chi connectivity index (χ1n) is 6.67. The average Bonchev–Trinajstić information content (AvgIpc) is 2.86. The zero-order chi connectivity index (χ0) is 14.8. The Morgan fingerprint density at radius 2 is 2.14 bits per heavy atom. The highest BCUT2D eigenvalue weighted by Gasteiger charge is 2.27. The van der Waals surface area contributed by atoms with Gasteiger partial charge in [0.2, 0.25) is 0 Å². The second-order valence-corrected chi connectivity index (χ2v) is 5.79. The van der Waals surface area contributed by atoms with Crippen LogP contribution in [0.5, 0.6) is 5.75 Å². The predicted octanol–water partition coefficient (Wildman–Crippen LogP) is 2.34. The summed E-state index contributed by atoms with van der Waals surface area (Å²) in [5, 5.41) is 9.71. The van der Waals surface area contributed by atoms with Crippen LogP contribution in [0.2, 0.25) is 0 Å². The lowest BCUT2D eigenvalue weighted by atomic mass is 9.79. The van der Waals surface area contributed by atoms with Gasteiger partial charge < -0.3 is 19.1 Å². The van der Waals surface area contributed by atoms with Gasteiger partial charge in [0.15, 0.2) is 0 Å². The van der Waals surface area contributed by atoms with Crippen LogP contribution < -0.4 is 14.9 Å². The van der Waals surface area contributed by atoms with E-state index in [1.807, 2.05) is 37.3 Å². The van der Waals surface area contributed by atoms with Gasteiger partial charge in [0.05, 0.1) is 13.7 Å². The molecule has 2 aromatic carbocycles. The Kier molecular flexibility index (Phi) is 4.10. The highest BCUT2D eigenvalue weighted by atomic mass is 32.2. The van der Waals surface area contributed by atoms with Gasteiger partial charge in [0.1, 0.15) is 5.75 Å². The van der Waals surface area contributed by atoms with Gasteiger partial charge in [-0.05, 0) is 65.8 Å². The maximum absolute atomic E-state index is 9.71. The summed E-state index contributed by atoms with van der Waals surface area (Å²) in [5.41, 5.74) is 3.92. The standard InChI is InChI=1S/C15H16BNO3S/c1-10-7-13(5-6-15(10)19-2)21-17-12-4-3-11-9-20-16(18)14(11)8-12/h3-8,17-18H,9H2,1-2H3. The van der Waals surface area contributed by atoms with Crippen LogP contribution in [-0.2, 0) is 11.3 Å². The van der Waals surface area contributed by atoms with Crippen molar-refractivity contribution in [2.45, 2.75) is 18.4 Å². The minimum atomic E-state index is -0.810. The maximum atomic E-state index is 9.71. The van der Waals surface area contributed by atoms with Gasteiger partial charge in [-0.2, -0.15) is 0 Å². The van der Waals surface area contributed by atoms with Crippen molar-refractivity contribution in [2.24, 2.45) is 0 Å². The Morgan fingerprint density at radius 3 is 2.90 bits per heavy atom. The summed E-state index contributed by atoms with van der Waals surface area (Å²) in [4.78, 5) is 1.10. The molecule has 2 N–H and O–H groups in total. The van der Waals surface area contributed by atoms with Crippen molar-refractivity contribution in [2.75, 3.05) is 11.8 Å². The molecule has 1 heterocycles. The molecule has 0 spiro atoms. The number of methoxy groups -OCH3 is 1. The van der Waals surface area contributed by atoms with Crippen LogP contribution in [0.25, 0.3) is 0 Å². The van der Waals surface area contributed by atoms with Crippen molar-refractivity contribution >= 4 is 30.2 Å². The fraction of sp³-hybridized carbons (Fsp3) is 0.200. The van der Waals surface area contributed by atoms with Gasteiger partial charge in [0.25, 0.3) is 0 Å². The van der Waals surface area contributed by atoms with Gasteiger partial charge in [0, 0.05) is 10.6 Å². The molecule has 2 aromatic rings. The van der Waals surface area contributed by atoms with E-state index in [9.17, 15) is 5.02 Å². The summed E-state index contributed by atoms with van der Waals surface area (Å²) < 4.78 is 13.7. The normalized spacial score (nSPS) is 13.2. The number of hydrogen-bond acceptors (Lipinski definition) is 5. The molecule has 0 aromatic heterocycles. The molecule has 1 aliphatic heterocycles. The lowest BCUT2D eigenvalue weighted by molar-refractivity contribution is 0.275. The number of hydrogen-bond donors (Lipinski definition) is 2. The summed E-state index contributed by atoms with van der Waals surface area (Å²) in [7, 11) is 0.862. The molecule has 108 valence electrons. The first-order valence-corrected chi connectivity index (χ1v) is 7.49. The molecule has 0 amide bonds. The van der Waals surface area contributed by atoms with E-state index in [4.69, 9.17) is 9.39 Å². The summed E-state index contributed by atoms with van der Waals surface area (Å²) in [6, 6.07) is 11.9. The Balaban J connectivity index is 1.70. The van der Waals surface area contributed by atoms with E-state index in [0.717, 1.165) is 32.9 Å². The molecule has 4 nitrogen and oxygen atoms in total. The molecule has 6 heteroatoms. The number of aryl methyl sites for hydroxylation is 1. The summed E-state index contributed by atoms with van der Waals surface area (Å²) >= 11 is 1.53. The Bertz CT molecular complexity index is 665. The van der Waals surface area contributed by atoms with Gasteiger partial charge in [-0.1, -0.05) is 6.07 Å². The molecule has 0 radical (unpaired) electrons. The minimum Gasteiger partial charge on any atom is -0.496 e. The highest BCUT2D eigenvalue weighted by molar-refractivity contribution is 8.00. The third kappa shape index (κ3) is 3.02. The van der Waals surface area contributed by atoms with Crippen molar-refractivity contribution in [3.63, 3.8) is 0 Å². The molecule has 0 saturated carbocycles. The van der Waals surface area contributed by atoms with Crippen molar-refractivity contribution in [3.05, 3.63) is 47.5 Å². The summed E-state index contributed by atoms with van der Waals surface area (Å²) in [5.74, 6) is 0.886. The van der Waals surface area contributed by atoms with Crippen molar-refractivity contribution in [1.29, 1.82) is 0 Å². The Labute approximate surface area is 128 Å². The van der Waals surface area contributed by atoms with Crippen molar-refractivity contribution < 1.29 is 14.4 Å². The largest absolute Gasteiger partial charge is 0.496 e. The smallest absolute Gasteiger partial charge is 0.491 e. The second kappa shape index (κ2) is 6.01. The topological polar surface area (TPSA) is 50.7 Å². The van der Waals surface area contributed by atoms with Gasteiger partial charge in [-0.3, -0.25) is 0 Å². The molecule has 0 atom stereocenters. The van der Waals surface area contributed by atoms with Crippen LogP contribution in [0.15, 0.2) is 41.3 Å². The van der Waals surface area contributed by atoms with E-state index >= 15 is 0 Å². The monoisotopic (exact) mass is 301 g/mol. The molecule has 3 rings (SSSR count). The molecule has 0 bridgehead atoms. The van der Waals surface area contributed by atoms with Crippen molar-refractivity contribution in [3.8, 4) is 5.75 Å². The molecular formula is C15H16BNO3S. The quantitative estimate of drug-likeness (QED) is 0.670. The third-order valence-electron chi connectivity index (χ3n) is 3.46. The maximum Gasteiger partial charge on any atom is 0.491 e. The highest BCUT2D eigenvalue weighted by Crippen LogP contribution is 2.26. The van der Waals surface area contributed by atoms with Crippen LogP contribution in [-0.4, -0.2) is 19.3 Å². The summed E-state index contributed by atoms with van der Waals surface area (Å²) in [6.45, 7) is 2.49. The molecule has 1 aliphatic rings. The van der Waals surface area contributed by atoms with Crippen LogP contribution in [0.3, 0.4) is 0 Å². The average molecular weight is 301 g/mol. The number of benzene rings is 2. The van der Waals surface area contributed by atoms with E-state index in [-0.39, 0.29) is 0 Å². The molecule has 0 fully saturated rings. The van der Waals surface area contributed by atoms with E-state index < -0.39 is 7.12 Å². The number of fused-ring (bicyclic) bond motifs is 1. The minimum absolute atomic E-state index is 0.474. The molecule has 0 unspecified atom stereocenters. The first-order chi connectivity index (χ1) is 10.2. The van der Waals surface area contributed by atoms with E-state index in [0.29, 0.717) is 6.61 Å². The van der Waals surface area contributed by atoms with Crippen LogP contribution in [0, 0.1) is 6.92 Å². The summed E-state index contributed by atoms with van der Waals surface area (Å²) in [6.07, 6.45) is 0. The van der Waals surface area contributed by atoms with E-state index in [1.54, 1.807) is 7.11 Å². The lowest BCUT2D eigenvalue weighted by Crippen LogP contribution is -2.28. The van der Waals surface area contributed by atoms with Gasteiger partial charge >= 0.3 is 7.12 Å². The zero-order valence-corrected chi connectivity index (χ0v) is 12.7. The second-order valence-electron chi connectivity index (χ2n) is 4.91. The molecule has 0 aliphatic carbocycles. The first kappa shape index (κ1) is 14.3. The number of ether oxygens (including phenoxy) is 1. The van der Waals surface area contributed by atoms with Gasteiger partial charge in [-0.15, -0.1) is 0 Å². The fourth-order valence-corrected chi connectivity index (χ4v) is 3.04.